The van der Waals surface area contributed by atoms with Crippen LogP contribution >= 0.6 is 15.6 Å². The van der Waals surface area contributed by atoms with E-state index in [1.165, 1.54) is 161 Å². The predicted molar refractivity (Wildman–Crippen MR) is 354 cm³/mol. The summed E-state index contributed by atoms with van der Waals surface area (Å²) in [4.78, 5) is 72.4. The van der Waals surface area contributed by atoms with E-state index in [1.54, 1.807) is 0 Å². The Morgan fingerprint density at radius 3 is 0.773 bits per heavy atom. The molecule has 0 aliphatic carbocycles. The van der Waals surface area contributed by atoms with Gasteiger partial charge in [-0.3, -0.25) is 37.3 Å². The lowest BCUT2D eigenvalue weighted by atomic mass is 10.0. The lowest BCUT2D eigenvalue weighted by molar-refractivity contribution is -0.161. The molecule has 0 radical (unpaired) electrons. The number of ether oxygens (including phenoxy) is 4. The Kier molecular flexibility index (Phi) is 59.9. The van der Waals surface area contributed by atoms with Gasteiger partial charge in [0.15, 0.2) is 12.2 Å². The van der Waals surface area contributed by atoms with Crippen molar-refractivity contribution in [1.82, 2.24) is 0 Å². The summed E-state index contributed by atoms with van der Waals surface area (Å²) >= 11 is 0. The molecule has 2 unspecified atom stereocenters. The maximum absolute atomic E-state index is 13.0. The van der Waals surface area contributed by atoms with Gasteiger partial charge in [-0.25, -0.2) is 9.13 Å². The maximum atomic E-state index is 13.0. The Labute approximate surface area is 537 Å². The van der Waals surface area contributed by atoms with Gasteiger partial charge < -0.3 is 33.8 Å². The standard InChI is InChI=1S/C69H134O17P2/c1-7-9-11-13-15-17-22-28-35-41-47-53-68(73)85-64(57-79-66(71)51-45-39-33-16-14-12-10-8-2)59-83-87(75,76)81-55-63(70)56-82-88(77,78)84-60-65(58-80-67(72)52-46-40-34-30-25-27-32-38-44-50-62(5)6)86-69(74)54-48-42-36-29-24-21-19-18-20-23-26-31-37-43-49-61(3)4/h61-65,70H,7-60H2,1-6H3,(H,75,76)(H,77,78)/t63-,64+,65+/m0/s1. The molecule has 17 nitrogen and oxygen atoms in total. The van der Waals surface area contributed by atoms with E-state index in [0.717, 1.165) is 108 Å². The summed E-state index contributed by atoms with van der Waals surface area (Å²) in [6.45, 7) is 9.52. The Morgan fingerprint density at radius 2 is 0.523 bits per heavy atom. The molecule has 0 bridgehead atoms. The van der Waals surface area contributed by atoms with E-state index in [0.29, 0.717) is 25.7 Å². The van der Waals surface area contributed by atoms with Crippen LogP contribution in [-0.4, -0.2) is 96.7 Å². The van der Waals surface area contributed by atoms with Crippen molar-refractivity contribution in [2.75, 3.05) is 39.6 Å². The summed E-state index contributed by atoms with van der Waals surface area (Å²) in [5.41, 5.74) is 0. The van der Waals surface area contributed by atoms with E-state index in [-0.39, 0.29) is 25.7 Å². The zero-order valence-corrected chi connectivity index (χ0v) is 58.8. The lowest BCUT2D eigenvalue weighted by Gasteiger charge is -2.21. The first kappa shape index (κ1) is 86.1. The van der Waals surface area contributed by atoms with Crippen LogP contribution in [0.2, 0.25) is 0 Å². The molecular formula is C69H134O17P2. The molecule has 0 aromatic carbocycles. The van der Waals surface area contributed by atoms with Gasteiger partial charge in [0.2, 0.25) is 0 Å². The SMILES string of the molecule is CCCCCCCCCCCCCC(=O)O[C@H](COC(=O)CCCCCCCCCC)COP(=O)(O)OC[C@H](O)COP(=O)(O)OC[C@@H](COC(=O)CCCCCCCCCCCC(C)C)OC(=O)CCCCCCCCCCCCCCCCC(C)C. The van der Waals surface area contributed by atoms with Crippen molar-refractivity contribution in [2.24, 2.45) is 11.8 Å². The molecular weight excluding hydrogens is 1160 g/mol. The molecule has 0 saturated carbocycles. The second-order valence-corrected chi connectivity index (χ2v) is 28.8. The third-order valence-electron chi connectivity index (χ3n) is 16.0. The largest absolute Gasteiger partial charge is 0.472 e. The highest BCUT2D eigenvalue weighted by Gasteiger charge is 2.30. The van der Waals surface area contributed by atoms with Crippen molar-refractivity contribution in [1.29, 1.82) is 0 Å². The first-order chi connectivity index (χ1) is 42.4. The first-order valence-corrected chi connectivity index (χ1v) is 39.0. The van der Waals surface area contributed by atoms with Crippen molar-refractivity contribution < 1.29 is 80.2 Å². The number of rotatable bonds is 68. The average molecular weight is 1300 g/mol. The summed E-state index contributed by atoms with van der Waals surface area (Å²) in [6.07, 6.45) is 45.8. The summed E-state index contributed by atoms with van der Waals surface area (Å²) in [5, 5.41) is 10.6. The van der Waals surface area contributed by atoms with E-state index in [4.69, 9.17) is 37.0 Å². The zero-order valence-electron chi connectivity index (χ0n) is 57.0. The van der Waals surface area contributed by atoms with Crippen molar-refractivity contribution >= 4 is 39.5 Å². The fourth-order valence-electron chi connectivity index (χ4n) is 10.4. The van der Waals surface area contributed by atoms with Crippen LogP contribution in [0.1, 0.15) is 350 Å². The van der Waals surface area contributed by atoms with E-state index in [2.05, 4.69) is 41.5 Å². The van der Waals surface area contributed by atoms with Crippen molar-refractivity contribution in [3.63, 3.8) is 0 Å². The van der Waals surface area contributed by atoms with Gasteiger partial charge in [0.25, 0.3) is 0 Å². The number of phosphoric acid groups is 2. The number of carbonyl (C=O) groups is 4. The summed E-state index contributed by atoms with van der Waals surface area (Å²) in [7, 11) is -9.89. The molecule has 0 aliphatic heterocycles. The number of carbonyl (C=O) groups excluding carboxylic acids is 4. The third-order valence-corrected chi connectivity index (χ3v) is 17.9. The molecule has 3 N–H and O–H groups in total. The second kappa shape index (κ2) is 61.3. The minimum absolute atomic E-state index is 0.107. The quantitative estimate of drug-likeness (QED) is 0.0222. The van der Waals surface area contributed by atoms with Gasteiger partial charge in [-0.05, 0) is 37.5 Å². The predicted octanol–water partition coefficient (Wildman–Crippen LogP) is 19.6. The van der Waals surface area contributed by atoms with Gasteiger partial charge in [-0.2, -0.15) is 0 Å². The average Bonchev–Trinajstić information content (AvgIpc) is 3.56. The van der Waals surface area contributed by atoms with E-state index in [9.17, 15) is 43.2 Å². The topological polar surface area (TPSA) is 237 Å². The lowest BCUT2D eigenvalue weighted by Crippen LogP contribution is -2.30. The zero-order chi connectivity index (χ0) is 65.0. The Morgan fingerprint density at radius 1 is 0.307 bits per heavy atom. The molecule has 0 aliphatic rings. The van der Waals surface area contributed by atoms with E-state index >= 15 is 0 Å². The second-order valence-electron chi connectivity index (χ2n) is 25.9. The normalized spacial score (nSPS) is 14.2. The summed E-state index contributed by atoms with van der Waals surface area (Å²) < 4.78 is 68.2. The van der Waals surface area contributed by atoms with Gasteiger partial charge in [-0.1, -0.05) is 298 Å². The molecule has 0 amide bonds. The van der Waals surface area contributed by atoms with Crippen molar-refractivity contribution in [2.45, 2.75) is 368 Å². The van der Waals surface area contributed by atoms with Crippen LogP contribution in [0.4, 0.5) is 0 Å². The highest BCUT2D eigenvalue weighted by atomic mass is 31.2. The molecule has 0 rings (SSSR count). The van der Waals surface area contributed by atoms with Crippen LogP contribution in [-0.2, 0) is 65.4 Å². The van der Waals surface area contributed by atoms with Crippen LogP contribution in [0.15, 0.2) is 0 Å². The Bertz CT molecular complexity index is 1720. The molecule has 88 heavy (non-hydrogen) atoms. The van der Waals surface area contributed by atoms with E-state index < -0.39 is 97.5 Å². The van der Waals surface area contributed by atoms with Crippen LogP contribution in [0, 0.1) is 11.8 Å². The minimum atomic E-state index is -4.95. The highest BCUT2D eigenvalue weighted by Crippen LogP contribution is 2.45. The molecule has 0 fully saturated rings. The van der Waals surface area contributed by atoms with Crippen LogP contribution in [0.25, 0.3) is 0 Å². The minimum Gasteiger partial charge on any atom is -0.462 e. The Balaban J connectivity index is 5.21. The van der Waals surface area contributed by atoms with Crippen LogP contribution in [0.3, 0.4) is 0 Å². The summed E-state index contributed by atoms with van der Waals surface area (Å²) in [5.74, 6) is -0.589. The monoisotopic (exact) mass is 1300 g/mol. The molecule has 0 spiro atoms. The third kappa shape index (κ3) is 62.8. The van der Waals surface area contributed by atoms with Crippen molar-refractivity contribution in [3.05, 3.63) is 0 Å². The fraction of sp³-hybridized carbons (Fsp3) is 0.942. The first-order valence-electron chi connectivity index (χ1n) is 36.0. The molecule has 522 valence electrons. The fourth-order valence-corrected chi connectivity index (χ4v) is 12.0. The van der Waals surface area contributed by atoms with Gasteiger partial charge in [0.1, 0.15) is 19.3 Å². The van der Waals surface area contributed by atoms with Gasteiger partial charge in [-0.15, -0.1) is 0 Å². The number of phosphoric ester groups is 2. The summed E-state index contributed by atoms with van der Waals surface area (Å²) in [6, 6.07) is 0. The molecule has 0 heterocycles. The number of hydrogen-bond acceptors (Lipinski definition) is 15. The van der Waals surface area contributed by atoms with Crippen molar-refractivity contribution in [3.8, 4) is 0 Å². The van der Waals surface area contributed by atoms with Gasteiger partial charge >= 0.3 is 39.5 Å². The Hall–Kier alpha value is -1.94. The van der Waals surface area contributed by atoms with Crippen LogP contribution in [0.5, 0.6) is 0 Å². The smallest absolute Gasteiger partial charge is 0.462 e. The molecule has 0 aromatic heterocycles. The van der Waals surface area contributed by atoms with Crippen LogP contribution < -0.4 is 0 Å². The number of esters is 4. The maximum Gasteiger partial charge on any atom is 0.472 e. The molecule has 19 heteroatoms. The molecule has 0 saturated heterocycles. The number of aliphatic hydroxyl groups is 1. The molecule has 0 aromatic rings. The number of hydrogen-bond donors (Lipinski definition) is 3. The van der Waals surface area contributed by atoms with Gasteiger partial charge in [0.05, 0.1) is 26.4 Å². The van der Waals surface area contributed by atoms with Gasteiger partial charge in [0, 0.05) is 25.7 Å². The number of unbranched alkanes of at least 4 members (excludes halogenated alkanes) is 38. The molecule has 5 atom stereocenters. The number of aliphatic hydroxyl groups excluding tert-OH is 1. The van der Waals surface area contributed by atoms with E-state index in [1.807, 2.05) is 0 Å². The highest BCUT2D eigenvalue weighted by molar-refractivity contribution is 7.47.